The Balaban J connectivity index is 1.80. The summed E-state index contributed by atoms with van der Waals surface area (Å²) in [6, 6.07) is 10.6. The number of rotatable bonds is 6. The molecule has 0 radical (unpaired) electrons. The molecule has 0 bridgehead atoms. The Morgan fingerprint density at radius 1 is 1.27 bits per heavy atom. The number of hydrogen-bond donors (Lipinski definition) is 0. The van der Waals surface area contributed by atoms with Gasteiger partial charge < -0.3 is 4.74 Å². The molecule has 1 aliphatic carbocycles. The third-order valence-electron chi connectivity index (χ3n) is 2.83. The lowest BCUT2D eigenvalue weighted by molar-refractivity contribution is 0.115. The first-order valence-electron chi connectivity index (χ1n) is 5.59. The maximum Gasteiger partial charge on any atom is 0.0542 e. The van der Waals surface area contributed by atoms with Crippen LogP contribution in [0.2, 0.25) is 0 Å². The second-order valence-electron chi connectivity index (χ2n) is 4.24. The van der Waals surface area contributed by atoms with E-state index >= 15 is 0 Å². The van der Waals surface area contributed by atoms with Crippen LogP contribution in [0.1, 0.15) is 24.3 Å². The van der Waals surface area contributed by atoms with Gasteiger partial charge in [0.05, 0.1) is 6.61 Å². The molecule has 1 atom stereocenters. The summed E-state index contributed by atoms with van der Waals surface area (Å²) in [4.78, 5) is 0. The Kier molecular flexibility index (Phi) is 4.21. The molecule has 15 heavy (non-hydrogen) atoms. The Bertz CT molecular complexity index is 282. The van der Waals surface area contributed by atoms with Gasteiger partial charge in [0.1, 0.15) is 0 Å². The summed E-state index contributed by atoms with van der Waals surface area (Å²) in [6.07, 6.45) is 2.73. The normalized spacial score (nSPS) is 17.7. The van der Waals surface area contributed by atoms with Crippen molar-refractivity contribution >= 4 is 15.9 Å². The van der Waals surface area contributed by atoms with Crippen LogP contribution < -0.4 is 0 Å². The summed E-state index contributed by atoms with van der Waals surface area (Å²) in [5.74, 6) is 1.35. The van der Waals surface area contributed by atoms with E-state index in [0.717, 1.165) is 24.5 Å². The van der Waals surface area contributed by atoms with Gasteiger partial charge in [0.2, 0.25) is 0 Å². The molecule has 1 fully saturated rings. The molecule has 0 aromatic heterocycles. The molecule has 0 saturated heterocycles. The quantitative estimate of drug-likeness (QED) is 0.717. The van der Waals surface area contributed by atoms with Crippen molar-refractivity contribution in [2.75, 3.05) is 18.5 Å². The average Bonchev–Trinajstić information content (AvgIpc) is 3.10. The Hall–Kier alpha value is -0.340. The van der Waals surface area contributed by atoms with Crippen LogP contribution in [-0.4, -0.2) is 18.5 Å². The van der Waals surface area contributed by atoms with E-state index in [4.69, 9.17) is 4.74 Å². The SMILES string of the molecule is BrCC(COCC1CC1)c1ccccc1. The minimum atomic E-state index is 0.491. The molecular formula is C13H17BrO. The van der Waals surface area contributed by atoms with Crippen molar-refractivity contribution in [3.8, 4) is 0 Å². The van der Waals surface area contributed by atoms with Crippen molar-refractivity contribution in [3.05, 3.63) is 35.9 Å². The summed E-state index contributed by atoms with van der Waals surface area (Å²) < 4.78 is 5.74. The van der Waals surface area contributed by atoms with Crippen LogP contribution in [0.5, 0.6) is 0 Å². The van der Waals surface area contributed by atoms with Crippen LogP contribution in [0.25, 0.3) is 0 Å². The molecule has 0 amide bonds. The van der Waals surface area contributed by atoms with E-state index in [-0.39, 0.29) is 0 Å². The third kappa shape index (κ3) is 3.62. The molecule has 2 rings (SSSR count). The van der Waals surface area contributed by atoms with Crippen molar-refractivity contribution in [3.63, 3.8) is 0 Å². The van der Waals surface area contributed by atoms with Gasteiger partial charge in [0.25, 0.3) is 0 Å². The molecule has 0 aliphatic heterocycles. The standard InChI is InChI=1S/C13H17BrO/c14-8-13(10-15-9-11-6-7-11)12-4-2-1-3-5-12/h1-5,11,13H,6-10H2. The third-order valence-corrected chi connectivity index (χ3v) is 3.61. The fourth-order valence-electron chi connectivity index (χ4n) is 1.62. The first kappa shape index (κ1) is 11.2. The zero-order valence-electron chi connectivity index (χ0n) is 8.86. The smallest absolute Gasteiger partial charge is 0.0542 e. The molecule has 82 valence electrons. The zero-order chi connectivity index (χ0) is 10.5. The van der Waals surface area contributed by atoms with Crippen molar-refractivity contribution in [2.45, 2.75) is 18.8 Å². The summed E-state index contributed by atoms with van der Waals surface area (Å²) in [5.41, 5.74) is 1.37. The van der Waals surface area contributed by atoms with Crippen molar-refractivity contribution in [1.29, 1.82) is 0 Å². The van der Waals surface area contributed by atoms with Crippen LogP contribution in [0.4, 0.5) is 0 Å². The maximum absolute atomic E-state index is 5.74. The van der Waals surface area contributed by atoms with Gasteiger partial charge in [0, 0.05) is 17.9 Å². The fourth-order valence-corrected chi connectivity index (χ4v) is 2.18. The Morgan fingerprint density at radius 2 is 2.00 bits per heavy atom. The minimum absolute atomic E-state index is 0.491. The molecule has 1 aliphatic rings. The lowest BCUT2D eigenvalue weighted by Gasteiger charge is -2.14. The second kappa shape index (κ2) is 5.66. The van der Waals surface area contributed by atoms with Gasteiger partial charge >= 0.3 is 0 Å². The molecule has 0 spiro atoms. The predicted octanol–water partition coefficient (Wildman–Crippen LogP) is 3.59. The van der Waals surface area contributed by atoms with E-state index in [1.165, 1.54) is 18.4 Å². The molecule has 2 heteroatoms. The number of ether oxygens (including phenoxy) is 1. The lowest BCUT2D eigenvalue weighted by Crippen LogP contribution is -2.10. The molecule has 0 heterocycles. The zero-order valence-corrected chi connectivity index (χ0v) is 10.4. The predicted molar refractivity (Wildman–Crippen MR) is 66.5 cm³/mol. The number of hydrogen-bond acceptors (Lipinski definition) is 1. The van der Waals surface area contributed by atoms with Crippen LogP contribution >= 0.6 is 15.9 Å². The first-order valence-corrected chi connectivity index (χ1v) is 6.71. The van der Waals surface area contributed by atoms with Crippen molar-refractivity contribution in [1.82, 2.24) is 0 Å². The highest BCUT2D eigenvalue weighted by Crippen LogP contribution is 2.29. The van der Waals surface area contributed by atoms with Gasteiger partial charge in [-0.1, -0.05) is 46.3 Å². The minimum Gasteiger partial charge on any atom is -0.380 e. The summed E-state index contributed by atoms with van der Waals surface area (Å²) in [7, 11) is 0. The van der Waals surface area contributed by atoms with Gasteiger partial charge in [-0.25, -0.2) is 0 Å². The van der Waals surface area contributed by atoms with Crippen molar-refractivity contribution in [2.24, 2.45) is 5.92 Å². The fraction of sp³-hybridized carbons (Fsp3) is 0.538. The average molecular weight is 269 g/mol. The first-order chi connectivity index (χ1) is 7.40. The Labute approximate surface area is 100.0 Å². The van der Waals surface area contributed by atoms with Crippen molar-refractivity contribution < 1.29 is 4.74 Å². The van der Waals surface area contributed by atoms with Gasteiger partial charge in [-0.2, -0.15) is 0 Å². The number of alkyl halides is 1. The largest absolute Gasteiger partial charge is 0.380 e. The monoisotopic (exact) mass is 268 g/mol. The molecule has 1 nitrogen and oxygen atoms in total. The highest BCUT2D eigenvalue weighted by Gasteiger charge is 2.21. The number of benzene rings is 1. The molecule has 0 N–H and O–H groups in total. The van der Waals surface area contributed by atoms with E-state index in [1.54, 1.807) is 0 Å². The van der Waals surface area contributed by atoms with E-state index in [0.29, 0.717) is 5.92 Å². The molecule has 1 aromatic rings. The maximum atomic E-state index is 5.74. The second-order valence-corrected chi connectivity index (χ2v) is 4.89. The van der Waals surface area contributed by atoms with Gasteiger partial charge in [-0.3, -0.25) is 0 Å². The summed E-state index contributed by atoms with van der Waals surface area (Å²) >= 11 is 3.56. The van der Waals surface area contributed by atoms with Gasteiger partial charge in [-0.05, 0) is 24.3 Å². The Morgan fingerprint density at radius 3 is 2.60 bits per heavy atom. The van der Waals surface area contributed by atoms with Crippen LogP contribution in [0.15, 0.2) is 30.3 Å². The molecule has 1 aromatic carbocycles. The van der Waals surface area contributed by atoms with Crippen LogP contribution in [0, 0.1) is 5.92 Å². The van der Waals surface area contributed by atoms with E-state index in [9.17, 15) is 0 Å². The van der Waals surface area contributed by atoms with Gasteiger partial charge in [0.15, 0.2) is 0 Å². The highest BCUT2D eigenvalue weighted by molar-refractivity contribution is 9.09. The summed E-state index contributed by atoms with van der Waals surface area (Å²) in [5, 5.41) is 0.974. The van der Waals surface area contributed by atoms with Gasteiger partial charge in [-0.15, -0.1) is 0 Å². The molecule has 1 saturated carbocycles. The molecule has 1 unspecified atom stereocenters. The number of halogens is 1. The molecular weight excluding hydrogens is 252 g/mol. The lowest BCUT2D eigenvalue weighted by atomic mass is 10.0. The summed E-state index contributed by atoms with van der Waals surface area (Å²) in [6.45, 7) is 1.79. The van der Waals surface area contributed by atoms with E-state index < -0.39 is 0 Å². The highest BCUT2D eigenvalue weighted by atomic mass is 79.9. The van der Waals surface area contributed by atoms with E-state index in [1.807, 2.05) is 0 Å². The topological polar surface area (TPSA) is 9.23 Å². The van der Waals surface area contributed by atoms with Crippen LogP contribution in [-0.2, 0) is 4.74 Å². The van der Waals surface area contributed by atoms with Crippen LogP contribution in [0.3, 0.4) is 0 Å². The van der Waals surface area contributed by atoms with E-state index in [2.05, 4.69) is 46.3 Å².